The van der Waals surface area contributed by atoms with E-state index in [1.54, 1.807) is 19.4 Å². The van der Waals surface area contributed by atoms with E-state index in [9.17, 15) is 5.26 Å². The summed E-state index contributed by atoms with van der Waals surface area (Å²) in [6.07, 6.45) is 3.92. The van der Waals surface area contributed by atoms with Crippen molar-refractivity contribution in [3.8, 4) is 28.8 Å². The Hall–Kier alpha value is -3.71. The Morgan fingerprint density at radius 1 is 1.08 bits per heavy atom. The van der Waals surface area contributed by atoms with E-state index < -0.39 is 0 Å². The van der Waals surface area contributed by atoms with Gasteiger partial charge < -0.3 is 24.2 Å². The van der Waals surface area contributed by atoms with Crippen LogP contribution in [0.4, 0.5) is 5.69 Å². The van der Waals surface area contributed by atoms with E-state index in [-0.39, 0.29) is 12.7 Å². The van der Waals surface area contributed by atoms with E-state index in [4.69, 9.17) is 24.3 Å². The Labute approximate surface area is 229 Å². The number of β-amino-alcohol motifs (C(OH)–C–C–N with tert-alkyl or cyclic N) is 1. The molecule has 0 atom stereocenters. The fourth-order valence-electron chi connectivity index (χ4n) is 5.09. The van der Waals surface area contributed by atoms with Gasteiger partial charge in [-0.3, -0.25) is 4.90 Å². The summed E-state index contributed by atoms with van der Waals surface area (Å²) in [6.45, 7) is 6.10. The van der Waals surface area contributed by atoms with Crippen LogP contribution in [-0.4, -0.2) is 85.7 Å². The van der Waals surface area contributed by atoms with Crippen molar-refractivity contribution in [1.82, 2.24) is 14.9 Å². The van der Waals surface area contributed by atoms with Crippen molar-refractivity contribution in [3.63, 3.8) is 0 Å². The molecule has 9 nitrogen and oxygen atoms in total. The molecular formula is C30H35N5O4. The first-order valence-electron chi connectivity index (χ1n) is 13.5. The third-order valence-electron chi connectivity index (χ3n) is 7.30. The highest BCUT2D eigenvalue weighted by atomic mass is 16.5. The van der Waals surface area contributed by atoms with Crippen LogP contribution in [0.15, 0.2) is 48.7 Å². The van der Waals surface area contributed by atoms with Gasteiger partial charge in [0.2, 0.25) is 0 Å². The minimum atomic E-state index is -0.00138. The number of nitriles is 1. The summed E-state index contributed by atoms with van der Waals surface area (Å²) in [7, 11) is 1.58. The fourth-order valence-corrected chi connectivity index (χ4v) is 5.09. The van der Waals surface area contributed by atoms with Crippen LogP contribution in [0.5, 0.6) is 11.5 Å². The monoisotopic (exact) mass is 529 g/mol. The first-order chi connectivity index (χ1) is 19.2. The van der Waals surface area contributed by atoms with Crippen LogP contribution in [0.1, 0.15) is 29.8 Å². The number of hydrogen-bond acceptors (Lipinski definition) is 9. The second-order valence-electron chi connectivity index (χ2n) is 9.85. The third kappa shape index (κ3) is 6.66. The second-order valence-corrected chi connectivity index (χ2v) is 9.85. The minimum Gasteiger partial charge on any atom is -0.493 e. The summed E-state index contributed by atoms with van der Waals surface area (Å²) in [4.78, 5) is 14.0. The Morgan fingerprint density at radius 2 is 1.85 bits per heavy atom. The molecule has 2 aliphatic heterocycles. The topological polar surface area (TPSA) is 104 Å². The molecule has 2 aliphatic rings. The Balaban J connectivity index is 1.29. The van der Waals surface area contributed by atoms with Gasteiger partial charge in [-0.25, -0.2) is 9.97 Å². The molecule has 0 aliphatic carbocycles. The number of piperazine rings is 1. The zero-order valence-electron chi connectivity index (χ0n) is 22.4. The van der Waals surface area contributed by atoms with Crippen molar-refractivity contribution in [3.05, 3.63) is 65.6 Å². The average Bonchev–Trinajstić information content (AvgIpc) is 2.99. The van der Waals surface area contributed by atoms with Gasteiger partial charge in [-0.15, -0.1) is 0 Å². The van der Waals surface area contributed by atoms with Crippen molar-refractivity contribution in [2.45, 2.75) is 25.4 Å². The number of aliphatic hydroxyl groups is 1. The predicted octanol–water partition coefficient (Wildman–Crippen LogP) is 3.29. The maximum absolute atomic E-state index is 9.88. The lowest BCUT2D eigenvalue weighted by Gasteiger charge is -2.35. The lowest BCUT2D eigenvalue weighted by atomic mass is 10.1. The molecule has 1 N–H and O–H groups in total. The van der Waals surface area contributed by atoms with Crippen molar-refractivity contribution < 1.29 is 19.3 Å². The molecule has 5 rings (SSSR count). The average molecular weight is 530 g/mol. The molecule has 2 saturated heterocycles. The Bertz CT molecular complexity index is 1280. The first-order valence-corrected chi connectivity index (χ1v) is 13.5. The molecule has 1 aromatic heterocycles. The number of aliphatic hydroxyl groups excluding tert-OH is 1. The molecule has 2 aromatic carbocycles. The summed E-state index contributed by atoms with van der Waals surface area (Å²) in [5.74, 6) is 1.70. The molecule has 0 bridgehead atoms. The van der Waals surface area contributed by atoms with Gasteiger partial charge in [-0.05, 0) is 35.9 Å². The van der Waals surface area contributed by atoms with Crippen LogP contribution in [0.2, 0.25) is 0 Å². The molecule has 3 aromatic rings. The SMILES string of the molecule is COc1cc(-c2ccnc(Cc3ccc(N4CCN(CCO)CC4)cc3)n2)cc(C#N)c1OC1CCOCC1. The lowest BCUT2D eigenvalue weighted by molar-refractivity contribution is 0.0244. The summed E-state index contributed by atoms with van der Waals surface area (Å²) in [5.41, 5.74) is 4.26. The Morgan fingerprint density at radius 3 is 2.54 bits per heavy atom. The van der Waals surface area contributed by atoms with Crippen molar-refractivity contribution in [2.24, 2.45) is 0 Å². The predicted molar refractivity (Wildman–Crippen MR) is 148 cm³/mol. The molecule has 9 heteroatoms. The van der Waals surface area contributed by atoms with Gasteiger partial charge in [0.25, 0.3) is 0 Å². The second kappa shape index (κ2) is 12.9. The van der Waals surface area contributed by atoms with Crippen LogP contribution in [0, 0.1) is 11.3 Å². The highest BCUT2D eigenvalue weighted by Crippen LogP contribution is 2.37. The van der Waals surface area contributed by atoms with Crippen LogP contribution in [0.25, 0.3) is 11.3 Å². The van der Waals surface area contributed by atoms with Crippen LogP contribution >= 0.6 is 0 Å². The zero-order chi connectivity index (χ0) is 27.0. The number of rotatable bonds is 9. The molecule has 3 heterocycles. The van der Waals surface area contributed by atoms with Gasteiger partial charge in [-0.2, -0.15) is 5.26 Å². The van der Waals surface area contributed by atoms with E-state index in [0.29, 0.717) is 42.5 Å². The maximum atomic E-state index is 9.88. The zero-order valence-corrected chi connectivity index (χ0v) is 22.4. The number of hydrogen-bond donors (Lipinski definition) is 1. The van der Waals surface area contributed by atoms with Crippen molar-refractivity contribution >= 4 is 5.69 Å². The van der Waals surface area contributed by atoms with Gasteiger partial charge in [0.15, 0.2) is 11.5 Å². The van der Waals surface area contributed by atoms with Gasteiger partial charge in [0.1, 0.15) is 18.0 Å². The number of ether oxygens (including phenoxy) is 3. The Kier molecular flexibility index (Phi) is 8.89. The minimum absolute atomic E-state index is 0.00138. The number of anilines is 1. The molecule has 0 saturated carbocycles. The lowest BCUT2D eigenvalue weighted by Crippen LogP contribution is -2.47. The van der Waals surface area contributed by atoms with Crippen LogP contribution < -0.4 is 14.4 Å². The smallest absolute Gasteiger partial charge is 0.179 e. The maximum Gasteiger partial charge on any atom is 0.179 e. The number of benzene rings is 2. The molecule has 204 valence electrons. The molecule has 0 radical (unpaired) electrons. The molecule has 0 unspecified atom stereocenters. The van der Waals surface area contributed by atoms with Crippen LogP contribution in [-0.2, 0) is 11.2 Å². The van der Waals surface area contributed by atoms with Crippen molar-refractivity contribution in [2.75, 3.05) is 64.6 Å². The van der Waals surface area contributed by atoms with Gasteiger partial charge in [0, 0.05) is 69.4 Å². The molecule has 0 amide bonds. The summed E-state index contributed by atoms with van der Waals surface area (Å²) < 4.78 is 17.2. The molecule has 39 heavy (non-hydrogen) atoms. The van der Waals surface area contributed by atoms with Gasteiger partial charge >= 0.3 is 0 Å². The molecule has 0 spiro atoms. The van der Waals surface area contributed by atoms with E-state index in [1.807, 2.05) is 12.1 Å². The number of methoxy groups -OCH3 is 1. The number of aromatic nitrogens is 2. The highest BCUT2D eigenvalue weighted by Gasteiger charge is 2.22. The largest absolute Gasteiger partial charge is 0.493 e. The number of nitrogens with zero attached hydrogens (tertiary/aromatic N) is 5. The first kappa shape index (κ1) is 26.9. The fraction of sp³-hybridized carbons (Fsp3) is 0.433. The van der Waals surface area contributed by atoms with Gasteiger partial charge in [-0.1, -0.05) is 12.1 Å². The summed E-state index contributed by atoms with van der Waals surface area (Å²) >= 11 is 0. The highest BCUT2D eigenvalue weighted by molar-refractivity contribution is 5.68. The molecular weight excluding hydrogens is 494 g/mol. The van der Waals surface area contributed by atoms with Crippen LogP contribution in [0.3, 0.4) is 0 Å². The van der Waals surface area contributed by atoms with E-state index in [0.717, 1.165) is 62.4 Å². The molecule has 2 fully saturated rings. The van der Waals surface area contributed by atoms with E-state index in [2.05, 4.69) is 45.1 Å². The van der Waals surface area contributed by atoms with E-state index >= 15 is 0 Å². The van der Waals surface area contributed by atoms with Crippen molar-refractivity contribution in [1.29, 1.82) is 5.26 Å². The summed E-state index contributed by atoms with van der Waals surface area (Å²) in [5, 5.41) is 19.0. The quantitative estimate of drug-likeness (QED) is 0.447. The summed E-state index contributed by atoms with van der Waals surface area (Å²) in [6, 6.07) is 16.4. The van der Waals surface area contributed by atoms with E-state index in [1.165, 1.54) is 5.69 Å². The van der Waals surface area contributed by atoms with Gasteiger partial charge in [0.05, 0.1) is 38.2 Å². The standard InChI is InChI=1S/C30H35N5O4/c1-37-28-20-23(19-24(21-31)30(28)39-26-7-16-38-17-8-26)27-6-9-32-29(33-27)18-22-2-4-25(5-3-22)35-12-10-34(11-13-35)14-15-36/h2-6,9,19-20,26,36H,7-8,10-18H2,1H3. The normalized spacial score (nSPS) is 16.6. The third-order valence-corrected chi connectivity index (χ3v) is 7.30.